The zero-order chi connectivity index (χ0) is 13.6. The number of hydrogen-bond acceptors (Lipinski definition) is 2. The number of nitrogens with one attached hydrogen (secondary N) is 1. The summed E-state index contributed by atoms with van der Waals surface area (Å²) in [6.45, 7) is 4.93. The van der Waals surface area contributed by atoms with Crippen LogP contribution in [0.3, 0.4) is 0 Å². The van der Waals surface area contributed by atoms with Gasteiger partial charge in [-0.05, 0) is 45.2 Å². The first-order valence-corrected chi connectivity index (χ1v) is 7.00. The van der Waals surface area contributed by atoms with E-state index < -0.39 is 12.7 Å². The first-order valence-electron chi connectivity index (χ1n) is 7.00. The van der Waals surface area contributed by atoms with Crippen molar-refractivity contribution in [2.75, 3.05) is 19.6 Å². The van der Waals surface area contributed by atoms with Gasteiger partial charge in [0.15, 0.2) is 0 Å². The second-order valence-electron chi connectivity index (χ2n) is 5.12. The van der Waals surface area contributed by atoms with Gasteiger partial charge in [0.25, 0.3) is 0 Å². The maximum atomic E-state index is 12.4. The lowest BCUT2D eigenvalue weighted by molar-refractivity contribution is -0.147. The molecular weight excluding hydrogens is 241 g/mol. The van der Waals surface area contributed by atoms with Crippen LogP contribution < -0.4 is 5.32 Å². The third kappa shape index (κ3) is 6.59. The van der Waals surface area contributed by atoms with Gasteiger partial charge in [-0.3, -0.25) is 4.90 Å². The molecule has 0 radical (unpaired) electrons. The van der Waals surface area contributed by atoms with Crippen LogP contribution in [0.2, 0.25) is 0 Å². The highest BCUT2D eigenvalue weighted by Gasteiger charge is 2.37. The molecule has 0 amide bonds. The van der Waals surface area contributed by atoms with Crippen molar-refractivity contribution in [1.82, 2.24) is 10.2 Å². The van der Waals surface area contributed by atoms with Crippen molar-refractivity contribution >= 4 is 0 Å². The zero-order valence-corrected chi connectivity index (χ0v) is 11.4. The SMILES string of the molecule is CCNC(CC)CCCN(CC(F)(F)F)C1CC1. The summed E-state index contributed by atoms with van der Waals surface area (Å²) in [7, 11) is 0. The maximum Gasteiger partial charge on any atom is 0.401 e. The van der Waals surface area contributed by atoms with Crippen molar-refractivity contribution in [3.05, 3.63) is 0 Å². The largest absolute Gasteiger partial charge is 0.401 e. The number of nitrogens with zero attached hydrogens (tertiary/aromatic N) is 1. The van der Waals surface area contributed by atoms with Crippen molar-refractivity contribution in [2.45, 2.75) is 64.2 Å². The number of halogens is 3. The Morgan fingerprint density at radius 3 is 2.39 bits per heavy atom. The van der Waals surface area contributed by atoms with E-state index in [0.717, 1.165) is 38.6 Å². The molecule has 1 N–H and O–H groups in total. The standard InChI is InChI=1S/C13H25F3N2/c1-3-11(17-4-2)6-5-9-18(12-7-8-12)10-13(14,15)16/h11-12,17H,3-10H2,1-2H3. The third-order valence-corrected chi connectivity index (χ3v) is 3.43. The molecule has 1 aliphatic carbocycles. The van der Waals surface area contributed by atoms with Gasteiger partial charge in [-0.2, -0.15) is 13.2 Å². The normalized spacial score (nSPS) is 18.3. The van der Waals surface area contributed by atoms with Gasteiger partial charge in [0, 0.05) is 12.1 Å². The predicted molar refractivity (Wildman–Crippen MR) is 67.6 cm³/mol. The van der Waals surface area contributed by atoms with Gasteiger partial charge in [0.05, 0.1) is 6.54 Å². The van der Waals surface area contributed by atoms with Crippen LogP contribution in [0.5, 0.6) is 0 Å². The topological polar surface area (TPSA) is 15.3 Å². The van der Waals surface area contributed by atoms with Gasteiger partial charge < -0.3 is 5.32 Å². The second kappa shape index (κ2) is 7.34. The zero-order valence-electron chi connectivity index (χ0n) is 11.4. The van der Waals surface area contributed by atoms with Gasteiger partial charge in [-0.25, -0.2) is 0 Å². The Hall–Kier alpha value is -0.290. The molecule has 1 rings (SSSR count). The summed E-state index contributed by atoms with van der Waals surface area (Å²) in [4.78, 5) is 1.61. The van der Waals surface area contributed by atoms with Crippen LogP contribution in [0, 0.1) is 0 Å². The minimum absolute atomic E-state index is 0.186. The average Bonchev–Trinajstić information content (AvgIpc) is 3.08. The van der Waals surface area contributed by atoms with Crippen LogP contribution in [0.1, 0.15) is 46.0 Å². The van der Waals surface area contributed by atoms with E-state index in [1.807, 2.05) is 0 Å². The first-order chi connectivity index (χ1) is 8.46. The lowest BCUT2D eigenvalue weighted by Gasteiger charge is -2.24. The summed E-state index contributed by atoms with van der Waals surface area (Å²) in [6.07, 6.45) is 0.648. The molecule has 18 heavy (non-hydrogen) atoms. The highest BCUT2D eigenvalue weighted by Crippen LogP contribution is 2.30. The third-order valence-electron chi connectivity index (χ3n) is 3.43. The van der Waals surface area contributed by atoms with E-state index in [4.69, 9.17) is 0 Å². The Bertz CT molecular complexity index is 227. The summed E-state index contributed by atoms with van der Waals surface area (Å²) in [5, 5.41) is 3.36. The molecule has 0 spiro atoms. The summed E-state index contributed by atoms with van der Waals surface area (Å²) in [5.41, 5.74) is 0. The molecule has 0 saturated heterocycles. The molecule has 0 bridgehead atoms. The van der Waals surface area contributed by atoms with E-state index in [2.05, 4.69) is 19.2 Å². The lowest BCUT2D eigenvalue weighted by atomic mass is 10.1. The average molecular weight is 266 g/mol. The molecule has 0 aliphatic heterocycles. The predicted octanol–water partition coefficient (Wildman–Crippen LogP) is 3.18. The van der Waals surface area contributed by atoms with Gasteiger partial charge in [0.1, 0.15) is 0 Å². The molecule has 1 saturated carbocycles. The van der Waals surface area contributed by atoms with Crippen LogP contribution in [0.15, 0.2) is 0 Å². The minimum atomic E-state index is -4.06. The Labute approximate surface area is 108 Å². The van der Waals surface area contributed by atoms with Gasteiger partial charge in [-0.15, -0.1) is 0 Å². The number of rotatable bonds is 9. The molecule has 108 valence electrons. The maximum absolute atomic E-state index is 12.4. The molecule has 0 aromatic heterocycles. The molecule has 1 aliphatic rings. The lowest BCUT2D eigenvalue weighted by Crippen LogP contribution is -2.37. The van der Waals surface area contributed by atoms with Crippen molar-refractivity contribution in [1.29, 1.82) is 0 Å². The molecule has 5 heteroatoms. The molecule has 1 atom stereocenters. The molecule has 1 unspecified atom stereocenters. The summed E-state index contributed by atoms with van der Waals surface area (Å²) in [5.74, 6) is 0. The van der Waals surface area contributed by atoms with Gasteiger partial charge >= 0.3 is 6.18 Å². The van der Waals surface area contributed by atoms with Gasteiger partial charge in [0.2, 0.25) is 0 Å². The molecule has 2 nitrogen and oxygen atoms in total. The quantitative estimate of drug-likeness (QED) is 0.689. The Morgan fingerprint density at radius 2 is 1.94 bits per heavy atom. The summed E-state index contributed by atoms with van der Waals surface area (Å²) in [6, 6.07) is 0.632. The molecular formula is C13H25F3N2. The Balaban J connectivity index is 2.25. The van der Waals surface area contributed by atoms with Crippen molar-refractivity contribution in [2.24, 2.45) is 0 Å². The van der Waals surface area contributed by atoms with E-state index in [0.29, 0.717) is 12.6 Å². The van der Waals surface area contributed by atoms with E-state index in [-0.39, 0.29) is 6.04 Å². The fraction of sp³-hybridized carbons (Fsp3) is 1.00. The van der Waals surface area contributed by atoms with Crippen molar-refractivity contribution in [3.63, 3.8) is 0 Å². The van der Waals surface area contributed by atoms with E-state index in [1.54, 1.807) is 4.90 Å². The van der Waals surface area contributed by atoms with E-state index in [9.17, 15) is 13.2 Å². The monoisotopic (exact) mass is 266 g/mol. The van der Waals surface area contributed by atoms with Crippen LogP contribution in [-0.2, 0) is 0 Å². The Kier molecular flexibility index (Phi) is 6.43. The van der Waals surface area contributed by atoms with Crippen molar-refractivity contribution in [3.8, 4) is 0 Å². The summed E-state index contributed by atoms with van der Waals surface area (Å²) < 4.78 is 37.2. The van der Waals surface area contributed by atoms with Crippen LogP contribution in [0.4, 0.5) is 13.2 Å². The second-order valence-corrected chi connectivity index (χ2v) is 5.12. The molecule has 0 heterocycles. The van der Waals surface area contributed by atoms with Crippen molar-refractivity contribution < 1.29 is 13.2 Å². The number of hydrogen-bond donors (Lipinski definition) is 1. The molecule has 0 aromatic carbocycles. The fourth-order valence-corrected chi connectivity index (χ4v) is 2.34. The van der Waals surface area contributed by atoms with E-state index in [1.165, 1.54) is 0 Å². The number of alkyl halides is 3. The fourth-order valence-electron chi connectivity index (χ4n) is 2.34. The highest BCUT2D eigenvalue weighted by molar-refractivity contribution is 4.85. The van der Waals surface area contributed by atoms with E-state index >= 15 is 0 Å². The highest BCUT2D eigenvalue weighted by atomic mass is 19.4. The Morgan fingerprint density at radius 1 is 1.28 bits per heavy atom. The van der Waals surface area contributed by atoms with Crippen LogP contribution in [0.25, 0.3) is 0 Å². The summed E-state index contributed by atoms with van der Waals surface area (Å²) >= 11 is 0. The molecule has 1 fully saturated rings. The molecule has 0 aromatic rings. The smallest absolute Gasteiger partial charge is 0.314 e. The van der Waals surface area contributed by atoms with Crippen LogP contribution >= 0.6 is 0 Å². The minimum Gasteiger partial charge on any atom is -0.314 e. The van der Waals surface area contributed by atoms with Gasteiger partial charge in [-0.1, -0.05) is 13.8 Å². The van der Waals surface area contributed by atoms with Crippen LogP contribution in [-0.4, -0.2) is 42.8 Å². The first kappa shape index (κ1) is 15.8.